The molecule has 0 N–H and O–H groups in total. The lowest BCUT2D eigenvalue weighted by Gasteiger charge is -2.33. The highest BCUT2D eigenvalue weighted by Gasteiger charge is 2.18. The Morgan fingerprint density at radius 1 is 1.25 bits per heavy atom. The van der Waals surface area contributed by atoms with Crippen LogP contribution in [0.2, 0.25) is 5.02 Å². The minimum Gasteiger partial charge on any atom is -0.467 e. The van der Waals surface area contributed by atoms with Crippen LogP contribution in [0.1, 0.15) is 5.89 Å². The minimum absolute atomic E-state index is 0.451. The fourth-order valence-corrected chi connectivity index (χ4v) is 2.94. The van der Waals surface area contributed by atoms with E-state index in [1.54, 1.807) is 6.20 Å². The van der Waals surface area contributed by atoms with Crippen LogP contribution in [-0.2, 0) is 16.1 Å². The molecule has 1 aliphatic heterocycles. The second-order valence-electron chi connectivity index (χ2n) is 5.71. The number of piperazine rings is 1. The number of hydrogen-bond acceptors (Lipinski definition) is 6. The molecule has 0 saturated carbocycles. The van der Waals surface area contributed by atoms with Crippen molar-refractivity contribution in [3.8, 4) is 11.3 Å². The average molecular weight is 350 g/mol. The number of hydrogen-bond donors (Lipinski definition) is 0. The van der Waals surface area contributed by atoms with Crippen LogP contribution in [0.5, 0.6) is 0 Å². The molecule has 0 radical (unpaired) electrons. The molecular weight excluding hydrogens is 330 g/mol. The number of oxazole rings is 1. The Kier molecular flexibility index (Phi) is 5.85. The number of carbonyl (C=O) groups is 1. The van der Waals surface area contributed by atoms with E-state index < -0.39 is 0 Å². The van der Waals surface area contributed by atoms with Gasteiger partial charge in [0.1, 0.15) is 6.61 Å². The molecule has 2 heterocycles. The van der Waals surface area contributed by atoms with Crippen molar-refractivity contribution in [1.82, 2.24) is 14.8 Å². The monoisotopic (exact) mass is 349 g/mol. The maximum Gasteiger partial charge on any atom is 0.293 e. The van der Waals surface area contributed by atoms with Crippen LogP contribution in [0.25, 0.3) is 11.3 Å². The Balaban J connectivity index is 1.50. The molecule has 0 spiro atoms. The van der Waals surface area contributed by atoms with Crippen molar-refractivity contribution in [2.75, 3.05) is 39.3 Å². The Morgan fingerprint density at radius 2 is 2.04 bits per heavy atom. The first-order valence-corrected chi connectivity index (χ1v) is 8.33. The van der Waals surface area contributed by atoms with E-state index in [1.165, 1.54) is 0 Å². The number of benzene rings is 1. The maximum atomic E-state index is 10.2. The van der Waals surface area contributed by atoms with E-state index >= 15 is 0 Å². The van der Waals surface area contributed by atoms with Crippen molar-refractivity contribution in [2.24, 2.45) is 0 Å². The molecule has 0 unspecified atom stereocenters. The summed E-state index contributed by atoms with van der Waals surface area (Å²) in [7, 11) is 0. The van der Waals surface area contributed by atoms with E-state index in [9.17, 15) is 4.79 Å². The molecule has 24 heavy (non-hydrogen) atoms. The first kappa shape index (κ1) is 17.0. The first-order valence-electron chi connectivity index (χ1n) is 7.95. The molecule has 0 aliphatic carbocycles. The van der Waals surface area contributed by atoms with E-state index in [-0.39, 0.29) is 0 Å². The summed E-state index contributed by atoms with van der Waals surface area (Å²) in [6.45, 7) is 6.20. The summed E-state index contributed by atoms with van der Waals surface area (Å²) in [5.74, 6) is 1.44. The molecular formula is C17H20ClN3O3. The molecule has 1 aliphatic rings. The molecule has 6 nitrogen and oxygen atoms in total. The van der Waals surface area contributed by atoms with Gasteiger partial charge in [0.25, 0.3) is 6.47 Å². The van der Waals surface area contributed by atoms with Crippen molar-refractivity contribution in [1.29, 1.82) is 0 Å². The molecule has 0 amide bonds. The SMILES string of the molecule is O=COCCN1CCN(Cc2ncc(-c3cccc(Cl)c3)o2)CC1. The third-order valence-electron chi connectivity index (χ3n) is 4.08. The van der Waals surface area contributed by atoms with Gasteiger partial charge in [-0.1, -0.05) is 23.7 Å². The maximum absolute atomic E-state index is 10.2. The summed E-state index contributed by atoms with van der Waals surface area (Å²) in [5.41, 5.74) is 0.932. The molecule has 1 aromatic heterocycles. The summed E-state index contributed by atoms with van der Waals surface area (Å²) < 4.78 is 10.6. The van der Waals surface area contributed by atoms with Gasteiger partial charge in [-0.25, -0.2) is 4.98 Å². The highest BCUT2D eigenvalue weighted by molar-refractivity contribution is 6.30. The van der Waals surface area contributed by atoms with Crippen LogP contribution >= 0.6 is 11.6 Å². The van der Waals surface area contributed by atoms with Gasteiger partial charge in [0, 0.05) is 43.3 Å². The van der Waals surface area contributed by atoms with Crippen LogP contribution in [0.3, 0.4) is 0 Å². The number of aromatic nitrogens is 1. The zero-order chi connectivity index (χ0) is 16.8. The highest BCUT2D eigenvalue weighted by atomic mass is 35.5. The second kappa shape index (κ2) is 8.28. The van der Waals surface area contributed by atoms with Gasteiger partial charge in [-0.2, -0.15) is 0 Å². The van der Waals surface area contributed by atoms with Gasteiger partial charge in [-0.15, -0.1) is 0 Å². The van der Waals surface area contributed by atoms with E-state index in [0.717, 1.165) is 44.0 Å². The molecule has 7 heteroatoms. The predicted molar refractivity (Wildman–Crippen MR) is 90.7 cm³/mol. The average Bonchev–Trinajstić information content (AvgIpc) is 3.05. The number of ether oxygens (including phenoxy) is 1. The second-order valence-corrected chi connectivity index (χ2v) is 6.15. The van der Waals surface area contributed by atoms with Crippen molar-refractivity contribution < 1.29 is 13.9 Å². The summed E-state index contributed by atoms with van der Waals surface area (Å²) in [6, 6.07) is 7.55. The van der Waals surface area contributed by atoms with Gasteiger partial charge in [-0.05, 0) is 12.1 Å². The van der Waals surface area contributed by atoms with Gasteiger partial charge in [0.05, 0.1) is 12.7 Å². The Morgan fingerprint density at radius 3 is 2.79 bits per heavy atom. The van der Waals surface area contributed by atoms with Gasteiger partial charge < -0.3 is 9.15 Å². The number of nitrogens with zero attached hydrogens (tertiary/aromatic N) is 3. The molecule has 0 bridgehead atoms. The van der Waals surface area contributed by atoms with Crippen LogP contribution in [0, 0.1) is 0 Å². The smallest absolute Gasteiger partial charge is 0.293 e. The Labute approximate surface area is 146 Å². The molecule has 128 valence electrons. The van der Waals surface area contributed by atoms with Crippen molar-refractivity contribution in [2.45, 2.75) is 6.54 Å². The van der Waals surface area contributed by atoms with Crippen molar-refractivity contribution >= 4 is 18.1 Å². The molecule has 0 atom stereocenters. The number of halogens is 1. The summed E-state index contributed by atoms with van der Waals surface area (Å²) in [4.78, 5) is 19.1. The summed E-state index contributed by atoms with van der Waals surface area (Å²) >= 11 is 6.01. The lowest BCUT2D eigenvalue weighted by atomic mass is 10.2. The summed E-state index contributed by atoms with van der Waals surface area (Å²) in [5, 5.41) is 0.681. The fraction of sp³-hybridized carbons (Fsp3) is 0.412. The Bertz CT molecular complexity index is 669. The molecule has 1 aromatic carbocycles. The van der Waals surface area contributed by atoms with Gasteiger partial charge in [-0.3, -0.25) is 14.6 Å². The zero-order valence-corrected chi connectivity index (χ0v) is 14.1. The van der Waals surface area contributed by atoms with E-state index in [0.29, 0.717) is 30.5 Å². The van der Waals surface area contributed by atoms with Gasteiger partial charge in [0.15, 0.2) is 5.76 Å². The van der Waals surface area contributed by atoms with E-state index in [1.807, 2.05) is 24.3 Å². The quantitative estimate of drug-likeness (QED) is 0.564. The highest BCUT2D eigenvalue weighted by Crippen LogP contribution is 2.24. The predicted octanol–water partition coefficient (Wildman–Crippen LogP) is 2.29. The topological polar surface area (TPSA) is 58.8 Å². The van der Waals surface area contributed by atoms with Gasteiger partial charge >= 0.3 is 0 Å². The largest absolute Gasteiger partial charge is 0.467 e. The van der Waals surface area contributed by atoms with Crippen LogP contribution in [-0.4, -0.2) is 60.6 Å². The van der Waals surface area contributed by atoms with Crippen molar-refractivity contribution in [3.05, 3.63) is 41.4 Å². The number of carbonyl (C=O) groups excluding carboxylic acids is 1. The minimum atomic E-state index is 0.451. The van der Waals surface area contributed by atoms with Crippen LogP contribution < -0.4 is 0 Å². The lowest BCUT2D eigenvalue weighted by Crippen LogP contribution is -2.46. The lowest BCUT2D eigenvalue weighted by molar-refractivity contribution is -0.129. The third kappa shape index (κ3) is 4.56. The number of rotatable bonds is 7. The molecule has 1 fully saturated rings. The third-order valence-corrected chi connectivity index (χ3v) is 4.31. The summed E-state index contributed by atoms with van der Waals surface area (Å²) in [6.07, 6.45) is 1.74. The fourth-order valence-electron chi connectivity index (χ4n) is 2.75. The van der Waals surface area contributed by atoms with Crippen LogP contribution in [0.4, 0.5) is 0 Å². The van der Waals surface area contributed by atoms with Gasteiger partial charge in [0.2, 0.25) is 5.89 Å². The van der Waals surface area contributed by atoms with E-state index in [4.69, 9.17) is 20.8 Å². The standard InChI is InChI=1S/C17H20ClN3O3/c18-15-3-1-2-14(10-15)16-11-19-17(24-16)12-21-6-4-20(5-7-21)8-9-23-13-22/h1-3,10-11,13H,4-9,12H2. The Hall–Kier alpha value is -1.89. The normalized spacial score (nSPS) is 16.2. The molecule has 1 saturated heterocycles. The van der Waals surface area contributed by atoms with Crippen molar-refractivity contribution in [3.63, 3.8) is 0 Å². The zero-order valence-electron chi connectivity index (χ0n) is 13.4. The molecule has 2 aromatic rings. The molecule has 3 rings (SSSR count). The first-order chi connectivity index (χ1) is 11.7. The van der Waals surface area contributed by atoms with Crippen LogP contribution in [0.15, 0.2) is 34.9 Å². The van der Waals surface area contributed by atoms with E-state index in [2.05, 4.69) is 14.8 Å².